The van der Waals surface area contributed by atoms with E-state index in [1.54, 1.807) is 4.90 Å². The molecule has 1 aliphatic heterocycles. The second-order valence-corrected chi connectivity index (χ2v) is 6.75. The summed E-state index contributed by atoms with van der Waals surface area (Å²) in [7, 11) is 0. The van der Waals surface area contributed by atoms with Crippen LogP contribution in [0.25, 0.3) is 0 Å². The van der Waals surface area contributed by atoms with Gasteiger partial charge >= 0.3 is 5.97 Å². The van der Waals surface area contributed by atoms with E-state index in [2.05, 4.69) is 20.8 Å². The highest BCUT2D eigenvalue weighted by Gasteiger charge is 2.29. The zero-order chi connectivity index (χ0) is 14.6. The predicted molar refractivity (Wildman–Crippen MR) is 73.6 cm³/mol. The molecule has 0 spiro atoms. The van der Waals surface area contributed by atoms with Gasteiger partial charge in [0.1, 0.15) is 0 Å². The van der Waals surface area contributed by atoms with Crippen molar-refractivity contribution in [1.82, 2.24) is 4.90 Å². The first-order valence-electron chi connectivity index (χ1n) is 6.95. The summed E-state index contributed by atoms with van der Waals surface area (Å²) >= 11 is 0. The molecule has 19 heavy (non-hydrogen) atoms. The normalized spacial score (nSPS) is 22.1. The lowest BCUT2D eigenvalue weighted by Crippen LogP contribution is -2.44. The van der Waals surface area contributed by atoms with E-state index in [4.69, 9.17) is 10.8 Å². The third kappa shape index (κ3) is 5.59. The molecule has 0 saturated carbocycles. The van der Waals surface area contributed by atoms with Crippen LogP contribution in [0.5, 0.6) is 0 Å². The molecule has 0 aromatic carbocycles. The number of carboxylic acid groups (broad SMARTS) is 1. The van der Waals surface area contributed by atoms with Gasteiger partial charge in [-0.3, -0.25) is 9.59 Å². The standard InChI is InChI=1S/C14H26N2O3/c1-14(2,3)8-11(15)7-12(17)16-6-4-5-10(9-16)13(18)19/h10-11H,4-9,15H2,1-3H3,(H,18,19). The summed E-state index contributed by atoms with van der Waals surface area (Å²) in [4.78, 5) is 24.7. The van der Waals surface area contributed by atoms with Gasteiger partial charge in [0, 0.05) is 25.6 Å². The van der Waals surface area contributed by atoms with Gasteiger partial charge < -0.3 is 15.7 Å². The van der Waals surface area contributed by atoms with E-state index in [9.17, 15) is 9.59 Å². The van der Waals surface area contributed by atoms with Gasteiger partial charge in [-0.25, -0.2) is 0 Å². The molecular formula is C14H26N2O3. The molecule has 0 bridgehead atoms. The zero-order valence-electron chi connectivity index (χ0n) is 12.2. The Morgan fingerprint density at radius 2 is 2.05 bits per heavy atom. The van der Waals surface area contributed by atoms with Gasteiger partial charge in [0.15, 0.2) is 0 Å². The Balaban J connectivity index is 2.47. The van der Waals surface area contributed by atoms with Gasteiger partial charge in [-0.15, -0.1) is 0 Å². The molecule has 5 heteroatoms. The SMILES string of the molecule is CC(C)(C)CC(N)CC(=O)N1CCCC(C(=O)O)C1. The van der Waals surface area contributed by atoms with Gasteiger partial charge in [0.2, 0.25) is 5.91 Å². The van der Waals surface area contributed by atoms with E-state index in [0.29, 0.717) is 25.9 Å². The molecule has 1 heterocycles. The van der Waals surface area contributed by atoms with E-state index in [-0.39, 0.29) is 17.4 Å². The topological polar surface area (TPSA) is 83.6 Å². The number of aliphatic carboxylic acids is 1. The molecule has 1 rings (SSSR count). The molecule has 1 aliphatic rings. The fourth-order valence-corrected chi connectivity index (χ4v) is 2.62. The maximum absolute atomic E-state index is 12.1. The number of carboxylic acids is 1. The van der Waals surface area contributed by atoms with E-state index in [0.717, 1.165) is 12.8 Å². The van der Waals surface area contributed by atoms with Crippen LogP contribution in [0.1, 0.15) is 46.5 Å². The summed E-state index contributed by atoms with van der Waals surface area (Å²) in [6.07, 6.45) is 2.52. The Bertz CT molecular complexity index is 336. The van der Waals surface area contributed by atoms with Crippen LogP contribution in [-0.4, -0.2) is 41.0 Å². The van der Waals surface area contributed by atoms with Gasteiger partial charge in [-0.2, -0.15) is 0 Å². The Kier molecular flexibility index (Phi) is 5.35. The first kappa shape index (κ1) is 16.0. The minimum atomic E-state index is -0.809. The quantitative estimate of drug-likeness (QED) is 0.810. The predicted octanol–water partition coefficient (Wildman–Crippen LogP) is 1.46. The fourth-order valence-electron chi connectivity index (χ4n) is 2.62. The highest BCUT2D eigenvalue weighted by Crippen LogP contribution is 2.22. The van der Waals surface area contributed by atoms with Crippen molar-refractivity contribution in [2.45, 2.75) is 52.5 Å². The summed E-state index contributed by atoms with van der Waals surface area (Å²) in [5, 5.41) is 9.01. The molecule has 3 N–H and O–H groups in total. The second-order valence-electron chi connectivity index (χ2n) is 6.75. The van der Waals surface area contributed by atoms with Crippen LogP contribution in [0.2, 0.25) is 0 Å². The van der Waals surface area contributed by atoms with Crippen molar-refractivity contribution >= 4 is 11.9 Å². The molecule has 0 aromatic rings. The number of likely N-dealkylation sites (tertiary alicyclic amines) is 1. The number of carbonyl (C=O) groups excluding carboxylic acids is 1. The van der Waals surface area contributed by atoms with Crippen molar-refractivity contribution in [3.63, 3.8) is 0 Å². The van der Waals surface area contributed by atoms with Crippen LogP contribution in [0.15, 0.2) is 0 Å². The molecule has 2 atom stereocenters. The van der Waals surface area contributed by atoms with Gasteiger partial charge in [-0.1, -0.05) is 20.8 Å². The van der Waals surface area contributed by atoms with E-state index in [1.807, 2.05) is 0 Å². The molecule has 0 aliphatic carbocycles. The smallest absolute Gasteiger partial charge is 0.308 e. The monoisotopic (exact) mass is 270 g/mol. The van der Waals surface area contributed by atoms with Crippen LogP contribution < -0.4 is 5.73 Å². The maximum atomic E-state index is 12.1. The van der Waals surface area contributed by atoms with Crippen molar-refractivity contribution < 1.29 is 14.7 Å². The molecular weight excluding hydrogens is 244 g/mol. The largest absolute Gasteiger partial charge is 0.481 e. The number of piperidine rings is 1. The fraction of sp³-hybridized carbons (Fsp3) is 0.857. The molecule has 1 amide bonds. The number of hydrogen-bond donors (Lipinski definition) is 2. The van der Waals surface area contributed by atoms with Crippen molar-refractivity contribution in [3.8, 4) is 0 Å². The van der Waals surface area contributed by atoms with Crippen molar-refractivity contribution in [3.05, 3.63) is 0 Å². The van der Waals surface area contributed by atoms with Crippen LogP contribution in [0, 0.1) is 11.3 Å². The van der Waals surface area contributed by atoms with E-state index < -0.39 is 11.9 Å². The lowest BCUT2D eigenvalue weighted by atomic mass is 9.87. The minimum Gasteiger partial charge on any atom is -0.481 e. The second kappa shape index (κ2) is 6.37. The molecule has 1 saturated heterocycles. The lowest BCUT2D eigenvalue weighted by molar-refractivity contribution is -0.145. The summed E-state index contributed by atoms with van der Waals surface area (Å²) in [5.74, 6) is -1.24. The number of amides is 1. The third-order valence-electron chi connectivity index (χ3n) is 3.43. The van der Waals surface area contributed by atoms with E-state index >= 15 is 0 Å². The molecule has 0 radical (unpaired) electrons. The van der Waals surface area contributed by atoms with Gasteiger partial charge in [-0.05, 0) is 24.7 Å². The number of rotatable bonds is 4. The average molecular weight is 270 g/mol. The average Bonchev–Trinajstić information content (AvgIpc) is 2.26. The van der Waals surface area contributed by atoms with Crippen molar-refractivity contribution in [1.29, 1.82) is 0 Å². The number of nitrogens with zero attached hydrogens (tertiary/aromatic N) is 1. The zero-order valence-corrected chi connectivity index (χ0v) is 12.2. The summed E-state index contributed by atoms with van der Waals surface area (Å²) in [6, 6.07) is -0.155. The summed E-state index contributed by atoms with van der Waals surface area (Å²) < 4.78 is 0. The number of carbonyl (C=O) groups is 2. The van der Waals surface area contributed by atoms with Crippen LogP contribution >= 0.6 is 0 Å². The van der Waals surface area contributed by atoms with Crippen molar-refractivity contribution in [2.24, 2.45) is 17.1 Å². The van der Waals surface area contributed by atoms with Crippen LogP contribution in [-0.2, 0) is 9.59 Å². The molecule has 110 valence electrons. The lowest BCUT2D eigenvalue weighted by Gasteiger charge is -2.32. The Morgan fingerprint density at radius 3 is 2.58 bits per heavy atom. The van der Waals surface area contributed by atoms with Crippen LogP contribution in [0.4, 0.5) is 0 Å². The number of hydrogen-bond acceptors (Lipinski definition) is 3. The molecule has 1 fully saturated rings. The minimum absolute atomic E-state index is 0.0114. The van der Waals surface area contributed by atoms with Crippen molar-refractivity contribution in [2.75, 3.05) is 13.1 Å². The van der Waals surface area contributed by atoms with Crippen LogP contribution in [0.3, 0.4) is 0 Å². The van der Waals surface area contributed by atoms with Gasteiger partial charge in [0.25, 0.3) is 0 Å². The maximum Gasteiger partial charge on any atom is 0.308 e. The highest BCUT2D eigenvalue weighted by molar-refractivity contribution is 5.78. The molecule has 0 aromatic heterocycles. The summed E-state index contributed by atoms with van der Waals surface area (Å²) in [5.41, 5.74) is 6.10. The Morgan fingerprint density at radius 1 is 1.42 bits per heavy atom. The first-order chi connectivity index (χ1) is 8.69. The highest BCUT2D eigenvalue weighted by atomic mass is 16.4. The Labute approximate surface area is 115 Å². The summed E-state index contributed by atoms with van der Waals surface area (Å²) in [6.45, 7) is 7.28. The molecule has 2 unspecified atom stereocenters. The molecule has 5 nitrogen and oxygen atoms in total. The Hall–Kier alpha value is -1.10. The van der Waals surface area contributed by atoms with Gasteiger partial charge in [0.05, 0.1) is 5.92 Å². The van der Waals surface area contributed by atoms with E-state index in [1.165, 1.54) is 0 Å². The first-order valence-corrected chi connectivity index (χ1v) is 6.95. The number of nitrogens with two attached hydrogens (primary N) is 1. The third-order valence-corrected chi connectivity index (χ3v) is 3.43.